The molecule has 0 aliphatic rings. The second-order valence-corrected chi connectivity index (χ2v) is 3.89. The molecule has 1 aromatic heterocycles. The van der Waals surface area contributed by atoms with Crippen molar-refractivity contribution in [2.24, 2.45) is 0 Å². The lowest BCUT2D eigenvalue weighted by Crippen LogP contribution is -2.57. The number of aliphatic hydroxyl groups is 3. The Labute approximate surface area is 99.5 Å². The minimum Gasteiger partial charge on any atom is -0.394 e. The Morgan fingerprint density at radius 1 is 1.35 bits per heavy atom. The van der Waals surface area contributed by atoms with Gasteiger partial charge in [-0.25, -0.2) is 0 Å². The highest BCUT2D eigenvalue weighted by Crippen LogP contribution is 2.07. The minimum atomic E-state index is -1.39. The lowest BCUT2D eigenvalue weighted by molar-refractivity contribution is 0.0371. The number of rotatable bonds is 6. The van der Waals surface area contributed by atoms with E-state index in [0.717, 1.165) is 0 Å². The molecule has 0 unspecified atom stereocenters. The van der Waals surface area contributed by atoms with E-state index in [9.17, 15) is 4.79 Å². The van der Waals surface area contributed by atoms with Crippen molar-refractivity contribution in [3.05, 3.63) is 24.0 Å². The fourth-order valence-electron chi connectivity index (χ4n) is 1.47. The molecule has 4 N–H and O–H groups in total. The molecule has 0 radical (unpaired) electrons. The first kappa shape index (κ1) is 13.7. The highest BCUT2D eigenvalue weighted by atomic mass is 16.3. The summed E-state index contributed by atoms with van der Waals surface area (Å²) in [4.78, 5) is 11.9. The molecule has 1 heterocycles. The van der Waals surface area contributed by atoms with Crippen molar-refractivity contribution < 1.29 is 20.1 Å². The van der Waals surface area contributed by atoms with Gasteiger partial charge in [-0.3, -0.25) is 4.79 Å². The summed E-state index contributed by atoms with van der Waals surface area (Å²) in [5.74, 6) is -0.436. The van der Waals surface area contributed by atoms with E-state index in [4.69, 9.17) is 15.3 Å². The van der Waals surface area contributed by atoms with Crippen LogP contribution in [0.25, 0.3) is 0 Å². The number of carbonyl (C=O) groups excluding carboxylic acids is 1. The van der Waals surface area contributed by atoms with E-state index in [0.29, 0.717) is 12.2 Å². The molecule has 0 spiro atoms. The van der Waals surface area contributed by atoms with Gasteiger partial charge in [-0.05, 0) is 19.1 Å². The third-order valence-electron chi connectivity index (χ3n) is 2.69. The maximum absolute atomic E-state index is 11.9. The first-order valence-electron chi connectivity index (χ1n) is 5.42. The molecule has 0 bridgehead atoms. The fourth-order valence-corrected chi connectivity index (χ4v) is 1.47. The summed E-state index contributed by atoms with van der Waals surface area (Å²) in [5.41, 5.74) is -0.966. The van der Waals surface area contributed by atoms with Crippen molar-refractivity contribution in [2.45, 2.75) is 19.0 Å². The second kappa shape index (κ2) is 5.81. The van der Waals surface area contributed by atoms with E-state index in [1.54, 1.807) is 22.9 Å². The van der Waals surface area contributed by atoms with Crippen molar-refractivity contribution in [1.29, 1.82) is 0 Å². The number of aryl methyl sites for hydroxylation is 1. The van der Waals surface area contributed by atoms with Crippen LogP contribution in [0.5, 0.6) is 0 Å². The van der Waals surface area contributed by atoms with Gasteiger partial charge in [0.1, 0.15) is 11.2 Å². The van der Waals surface area contributed by atoms with Crippen LogP contribution < -0.4 is 5.32 Å². The Morgan fingerprint density at radius 3 is 2.41 bits per heavy atom. The number of hydrogen-bond acceptors (Lipinski definition) is 4. The quantitative estimate of drug-likeness (QED) is 0.512. The largest absolute Gasteiger partial charge is 0.394 e. The smallest absolute Gasteiger partial charge is 0.268 e. The predicted molar refractivity (Wildman–Crippen MR) is 61.6 cm³/mol. The molecule has 0 saturated carbocycles. The van der Waals surface area contributed by atoms with Crippen LogP contribution in [-0.2, 0) is 6.54 Å². The van der Waals surface area contributed by atoms with Crippen LogP contribution in [-0.4, -0.2) is 51.2 Å². The molecule has 0 aliphatic carbocycles. The van der Waals surface area contributed by atoms with Gasteiger partial charge in [0.05, 0.1) is 19.8 Å². The molecular weight excluding hydrogens is 224 g/mol. The van der Waals surface area contributed by atoms with Crippen LogP contribution in [0.15, 0.2) is 18.3 Å². The SMILES string of the molecule is CCn1cccc1C(=O)NC(CO)(CO)CO. The maximum Gasteiger partial charge on any atom is 0.268 e. The molecule has 6 nitrogen and oxygen atoms in total. The van der Waals surface area contributed by atoms with Gasteiger partial charge in [-0.1, -0.05) is 0 Å². The number of aliphatic hydroxyl groups excluding tert-OH is 3. The third kappa shape index (κ3) is 2.85. The Morgan fingerprint density at radius 2 is 1.94 bits per heavy atom. The van der Waals surface area contributed by atoms with Crippen LogP contribution in [0, 0.1) is 0 Å². The highest BCUT2D eigenvalue weighted by molar-refractivity contribution is 5.93. The van der Waals surface area contributed by atoms with Gasteiger partial charge in [0.25, 0.3) is 5.91 Å². The van der Waals surface area contributed by atoms with Crippen molar-refractivity contribution in [3.8, 4) is 0 Å². The second-order valence-electron chi connectivity index (χ2n) is 3.89. The van der Waals surface area contributed by atoms with Gasteiger partial charge in [0, 0.05) is 12.7 Å². The van der Waals surface area contributed by atoms with Gasteiger partial charge in [0.15, 0.2) is 0 Å². The Bertz CT molecular complexity index is 363. The Kier molecular flexibility index (Phi) is 4.68. The van der Waals surface area contributed by atoms with E-state index in [1.165, 1.54) is 0 Å². The van der Waals surface area contributed by atoms with Crippen molar-refractivity contribution in [3.63, 3.8) is 0 Å². The molecule has 6 heteroatoms. The summed E-state index contributed by atoms with van der Waals surface area (Å²) in [6, 6.07) is 3.37. The van der Waals surface area contributed by atoms with E-state index in [1.807, 2.05) is 6.92 Å². The lowest BCUT2D eigenvalue weighted by atomic mass is 10.0. The number of carbonyl (C=O) groups is 1. The van der Waals surface area contributed by atoms with Gasteiger partial charge in [0.2, 0.25) is 0 Å². The van der Waals surface area contributed by atoms with Crippen molar-refractivity contribution >= 4 is 5.91 Å². The van der Waals surface area contributed by atoms with Gasteiger partial charge in [-0.2, -0.15) is 0 Å². The molecular formula is C11H18N2O4. The summed E-state index contributed by atoms with van der Waals surface area (Å²) in [6.07, 6.45) is 1.76. The van der Waals surface area contributed by atoms with E-state index in [2.05, 4.69) is 5.32 Å². The summed E-state index contributed by atoms with van der Waals surface area (Å²) >= 11 is 0. The number of hydrogen-bond donors (Lipinski definition) is 4. The topological polar surface area (TPSA) is 94.7 Å². The van der Waals surface area contributed by atoms with Crippen molar-refractivity contribution in [1.82, 2.24) is 9.88 Å². The number of aromatic nitrogens is 1. The zero-order valence-corrected chi connectivity index (χ0v) is 9.76. The molecule has 1 amide bonds. The van der Waals surface area contributed by atoms with E-state index in [-0.39, 0.29) is 0 Å². The van der Waals surface area contributed by atoms with Crippen molar-refractivity contribution in [2.75, 3.05) is 19.8 Å². The molecule has 0 aromatic carbocycles. The average Bonchev–Trinajstić information content (AvgIpc) is 2.84. The van der Waals surface area contributed by atoms with Gasteiger partial charge >= 0.3 is 0 Å². The molecule has 17 heavy (non-hydrogen) atoms. The van der Waals surface area contributed by atoms with Gasteiger partial charge in [-0.15, -0.1) is 0 Å². The Balaban J connectivity index is 2.84. The predicted octanol–water partition coefficient (Wildman–Crippen LogP) is -1.05. The van der Waals surface area contributed by atoms with Crippen LogP contribution in [0.3, 0.4) is 0 Å². The molecule has 0 aliphatic heterocycles. The monoisotopic (exact) mass is 242 g/mol. The first-order valence-corrected chi connectivity index (χ1v) is 5.42. The number of amides is 1. The summed E-state index contributed by atoms with van der Waals surface area (Å²) in [6.45, 7) is 0.948. The molecule has 1 aromatic rings. The molecule has 0 saturated heterocycles. The van der Waals surface area contributed by atoms with Crippen LogP contribution in [0.1, 0.15) is 17.4 Å². The molecule has 0 fully saturated rings. The highest BCUT2D eigenvalue weighted by Gasteiger charge is 2.30. The number of nitrogens with zero attached hydrogens (tertiary/aromatic N) is 1. The molecule has 96 valence electrons. The normalized spacial score (nSPS) is 11.5. The maximum atomic E-state index is 11.9. The lowest BCUT2D eigenvalue weighted by Gasteiger charge is -2.28. The zero-order valence-electron chi connectivity index (χ0n) is 9.76. The van der Waals surface area contributed by atoms with Crippen LogP contribution in [0.2, 0.25) is 0 Å². The summed E-state index contributed by atoms with van der Waals surface area (Å²) in [7, 11) is 0. The zero-order chi connectivity index (χ0) is 12.9. The minimum absolute atomic E-state index is 0.423. The van der Waals surface area contributed by atoms with Gasteiger partial charge < -0.3 is 25.2 Å². The Hall–Kier alpha value is -1.37. The average molecular weight is 242 g/mol. The first-order chi connectivity index (χ1) is 8.12. The summed E-state index contributed by atoms with van der Waals surface area (Å²) in [5, 5.41) is 29.8. The molecule has 0 atom stereocenters. The van der Waals surface area contributed by atoms with E-state index < -0.39 is 31.3 Å². The third-order valence-corrected chi connectivity index (χ3v) is 2.69. The van der Waals surface area contributed by atoms with E-state index >= 15 is 0 Å². The fraction of sp³-hybridized carbons (Fsp3) is 0.545. The van der Waals surface area contributed by atoms with Crippen LogP contribution in [0.4, 0.5) is 0 Å². The molecule has 1 rings (SSSR count). The summed E-state index contributed by atoms with van der Waals surface area (Å²) < 4.78 is 1.73. The number of nitrogens with one attached hydrogen (secondary N) is 1. The van der Waals surface area contributed by atoms with Crippen LogP contribution >= 0.6 is 0 Å². The standard InChI is InChI=1S/C11H18N2O4/c1-2-13-5-3-4-9(13)10(17)12-11(6-14,7-15)8-16/h3-5,14-16H,2,6-8H2,1H3,(H,12,17).